The molecular formula is C15H19NOS. The molecule has 1 N–H and O–H groups in total. The molecule has 0 radical (unpaired) electrons. The van der Waals surface area contributed by atoms with Crippen LogP contribution in [0.15, 0.2) is 29.6 Å². The molecule has 0 saturated carbocycles. The Morgan fingerprint density at radius 2 is 1.94 bits per heavy atom. The van der Waals surface area contributed by atoms with Crippen molar-refractivity contribution >= 4 is 11.3 Å². The van der Waals surface area contributed by atoms with Crippen LogP contribution in [-0.2, 0) is 12.8 Å². The van der Waals surface area contributed by atoms with Gasteiger partial charge in [-0.15, -0.1) is 11.3 Å². The van der Waals surface area contributed by atoms with E-state index in [1.807, 2.05) is 0 Å². The first-order chi connectivity index (χ1) is 8.83. The topological polar surface area (TPSA) is 33.1 Å². The SMILES string of the molecule is CCCc1ccc(-c2nc(CCCO)cs2)cc1. The van der Waals surface area contributed by atoms with E-state index in [1.54, 1.807) is 11.3 Å². The molecule has 0 bridgehead atoms. The number of aliphatic hydroxyl groups excluding tert-OH is 1. The van der Waals surface area contributed by atoms with Gasteiger partial charge >= 0.3 is 0 Å². The van der Waals surface area contributed by atoms with E-state index in [0.29, 0.717) is 0 Å². The maximum atomic E-state index is 8.81. The number of benzene rings is 1. The first kappa shape index (κ1) is 13.2. The van der Waals surface area contributed by atoms with Crippen LogP contribution in [0.25, 0.3) is 10.6 Å². The van der Waals surface area contributed by atoms with Crippen LogP contribution in [0.3, 0.4) is 0 Å². The molecule has 1 aromatic heterocycles. The number of aliphatic hydroxyl groups is 1. The molecule has 0 fully saturated rings. The second-order valence-electron chi connectivity index (χ2n) is 4.42. The summed E-state index contributed by atoms with van der Waals surface area (Å²) < 4.78 is 0. The molecule has 0 aliphatic rings. The van der Waals surface area contributed by atoms with Gasteiger partial charge in [0.25, 0.3) is 0 Å². The van der Waals surface area contributed by atoms with Gasteiger partial charge in [-0.25, -0.2) is 4.98 Å². The van der Waals surface area contributed by atoms with Gasteiger partial charge < -0.3 is 5.11 Å². The van der Waals surface area contributed by atoms with E-state index in [9.17, 15) is 0 Å². The summed E-state index contributed by atoms with van der Waals surface area (Å²) in [5, 5.41) is 12.0. The number of thiazole rings is 1. The van der Waals surface area contributed by atoms with Crippen molar-refractivity contribution in [2.24, 2.45) is 0 Å². The summed E-state index contributed by atoms with van der Waals surface area (Å²) in [6.07, 6.45) is 3.97. The van der Waals surface area contributed by atoms with Gasteiger partial charge in [0.1, 0.15) is 5.01 Å². The van der Waals surface area contributed by atoms with Crippen molar-refractivity contribution in [3.05, 3.63) is 40.9 Å². The number of aryl methyl sites for hydroxylation is 2. The zero-order valence-corrected chi connectivity index (χ0v) is 11.5. The average Bonchev–Trinajstić information content (AvgIpc) is 2.86. The third-order valence-corrected chi connectivity index (χ3v) is 3.82. The highest BCUT2D eigenvalue weighted by molar-refractivity contribution is 7.13. The average molecular weight is 261 g/mol. The molecule has 3 heteroatoms. The smallest absolute Gasteiger partial charge is 0.123 e. The molecular weight excluding hydrogens is 242 g/mol. The fraction of sp³-hybridized carbons (Fsp3) is 0.400. The first-order valence-electron chi connectivity index (χ1n) is 6.48. The highest BCUT2D eigenvalue weighted by Gasteiger charge is 2.04. The van der Waals surface area contributed by atoms with E-state index in [2.05, 4.69) is 41.6 Å². The normalized spacial score (nSPS) is 10.8. The van der Waals surface area contributed by atoms with Crippen LogP contribution in [0.2, 0.25) is 0 Å². The summed E-state index contributed by atoms with van der Waals surface area (Å²) in [6, 6.07) is 8.68. The molecule has 2 rings (SSSR count). The van der Waals surface area contributed by atoms with Gasteiger partial charge in [-0.1, -0.05) is 37.6 Å². The number of nitrogens with zero attached hydrogens (tertiary/aromatic N) is 1. The lowest BCUT2D eigenvalue weighted by atomic mass is 10.1. The quantitative estimate of drug-likeness (QED) is 0.860. The fourth-order valence-corrected chi connectivity index (χ4v) is 2.78. The van der Waals surface area contributed by atoms with Crippen LogP contribution in [-0.4, -0.2) is 16.7 Å². The largest absolute Gasteiger partial charge is 0.396 e. The van der Waals surface area contributed by atoms with Gasteiger partial charge in [-0.05, 0) is 24.8 Å². The molecule has 0 atom stereocenters. The maximum absolute atomic E-state index is 8.81. The molecule has 0 aliphatic carbocycles. The fourth-order valence-electron chi connectivity index (χ4n) is 1.92. The third kappa shape index (κ3) is 3.40. The molecule has 0 unspecified atom stereocenters. The minimum absolute atomic E-state index is 0.235. The highest BCUT2D eigenvalue weighted by Crippen LogP contribution is 2.24. The summed E-state index contributed by atoms with van der Waals surface area (Å²) in [5.74, 6) is 0. The van der Waals surface area contributed by atoms with Crippen LogP contribution in [0.5, 0.6) is 0 Å². The predicted molar refractivity (Wildman–Crippen MR) is 77.0 cm³/mol. The van der Waals surface area contributed by atoms with E-state index in [0.717, 1.165) is 30.0 Å². The van der Waals surface area contributed by atoms with Crippen LogP contribution in [0.4, 0.5) is 0 Å². The van der Waals surface area contributed by atoms with Gasteiger partial charge in [0, 0.05) is 17.6 Å². The molecule has 0 aliphatic heterocycles. The number of rotatable bonds is 6. The van der Waals surface area contributed by atoms with E-state index in [1.165, 1.54) is 17.5 Å². The molecule has 18 heavy (non-hydrogen) atoms. The minimum Gasteiger partial charge on any atom is -0.396 e. The first-order valence-corrected chi connectivity index (χ1v) is 7.36. The summed E-state index contributed by atoms with van der Waals surface area (Å²) >= 11 is 1.68. The maximum Gasteiger partial charge on any atom is 0.123 e. The Labute approximate surface area is 112 Å². The predicted octanol–water partition coefficient (Wildman–Crippen LogP) is 3.69. The van der Waals surface area contributed by atoms with Gasteiger partial charge in [0.15, 0.2) is 0 Å². The Morgan fingerprint density at radius 1 is 1.17 bits per heavy atom. The highest BCUT2D eigenvalue weighted by atomic mass is 32.1. The van der Waals surface area contributed by atoms with Crippen molar-refractivity contribution in [2.75, 3.05) is 6.61 Å². The van der Waals surface area contributed by atoms with Crippen molar-refractivity contribution < 1.29 is 5.11 Å². The van der Waals surface area contributed by atoms with E-state index in [-0.39, 0.29) is 6.61 Å². The zero-order chi connectivity index (χ0) is 12.8. The van der Waals surface area contributed by atoms with Gasteiger partial charge in [0.05, 0.1) is 5.69 Å². The molecule has 1 heterocycles. The Bertz CT molecular complexity index is 475. The Hall–Kier alpha value is -1.19. The van der Waals surface area contributed by atoms with Crippen molar-refractivity contribution in [3.63, 3.8) is 0 Å². The minimum atomic E-state index is 0.235. The third-order valence-electron chi connectivity index (χ3n) is 2.88. The van der Waals surface area contributed by atoms with Gasteiger partial charge in [0.2, 0.25) is 0 Å². The van der Waals surface area contributed by atoms with Crippen LogP contribution in [0.1, 0.15) is 31.0 Å². The van der Waals surface area contributed by atoms with E-state index < -0.39 is 0 Å². The number of aromatic nitrogens is 1. The number of hydrogen-bond donors (Lipinski definition) is 1. The monoisotopic (exact) mass is 261 g/mol. The van der Waals surface area contributed by atoms with Crippen LogP contribution in [0, 0.1) is 0 Å². The number of hydrogen-bond acceptors (Lipinski definition) is 3. The lowest BCUT2D eigenvalue weighted by Crippen LogP contribution is -1.89. The van der Waals surface area contributed by atoms with Crippen molar-refractivity contribution in [3.8, 4) is 10.6 Å². The summed E-state index contributed by atoms with van der Waals surface area (Å²) in [4.78, 5) is 4.60. The molecule has 2 aromatic rings. The van der Waals surface area contributed by atoms with E-state index in [4.69, 9.17) is 5.11 Å². The Kier molecular flexibility index (Phi) is 4.90. The standard InChI is InChI=1S/C15H19NOS/c1-2-4-12-6-8-13(9-7-12)15-16-14(11-18-15)5-3-10-17/h6-9,11,17H,2-5,10H2,1H3. The molecule has 0 spiro atoms. The van der Waals surface area contributed by atoms with Crippen molar-refractivity contribution in [1.29, 1.82) is 0 Å². The summed E-state index contributed by atoms with van der Waals surface area (Å²) in [6.45, 7) is 2.43. The van der Waals surface area contributed by atoms with Crippen molar-refractivity contribution in [2.45, 2.75) is 32.6 Å². The Morgan fingerprint density at radius 3 is 2.61 bits per heavy atom. The zero-order valence-electron chi connectivity index (χ0n) is 10.7. The lowest BCUT2D eigenvalue weighted by molar-refractivity contribution is 0.288. The van der Waals surface area contributed by atoms with Gasteiger partial charge in [-0.2, -0.15) is 0 Å². The molecule has 0 saturated heterocycles. The molecule has 2 nitrogen and oxygen atoms in total. The van der Waals surface area contributed by atoms with Crippen LogP contribution < -0.4 is 0 Å². The van der Waals surface area contributed by atoms with Gasteiger partial charge in [-0.3, -0.25) is 0 Å². The van der Waals surface area contributed by atoms with E-state index >= 15 is 0 Å². The summed E-state index contributed by atoms with van der Waals surface area (Å²) in [7, 11) is 0. The second kappa shape index (κ2) is 6.66. The molecule has 0 amide bonds. The molecule has 96 valence electrons. The molecule has 1 aromatic carbocycles. The Balaban J connectivity index is 2.08. The summed E-state index contributed by atoms with van der Waals surface area (Å²) in [5.41, 5.74) is 3.66. The van der Waals surface area contributed by atoms with Crippen LogP contribution >= 0.6 is 11.3 Å². The second-order valence-corrected chi connectivity index (χ2v) is 5.28. The van der Waals surface area contributed by atoms with Crippen molar-refractivity contribution in [1.82, 2.24) is 4.98 Å². The lowest BCUT2D eigenvalue weighted by Gasteiger charge is -2.00.